The average Bonchev–Trinajstić information content (AvgIpc) is 3.25. The molecule has 0 saturated heterocycles. The summed E-state index contributed by atoms with van der Waals surface area (Å²) in [5.74, 6) is -1.65. The van der Waals surface area contributed by atoms with E-state index in [9.17, 15) is 14.7 Å². The summed E-state index contributed by atoms with van der Waals surface area (Å²) in [6, 6.07) is 0. The minimum Gasteiger partial charge on any atom is -0.453 e. The quantitative estimate of drug-likeness (QED) is 0.480. The van der Waals surface area contributed by atoms with Crippen LogP contribution in [0.1, 0.15) is 59.3 Å². The maximum absolute atomic E-state index is 12.4. The molecule has 0 aliphatic heterocycles. The van der Waals surface area contributed by atoms with Gasteiger partial charge in [-0.3, -0.25) is 4.79 Å². The summed E-state index contributed by atoms with van der Waals surface area (Å²) >= 11 is 0. The molecule has 4 aliphatic rings. The summed E-state index contributed by atoms with van der Waals surface area (Å²) in [5, 5.41) is 11.0. The highest BCUT2D eigenvalue weighted by molar-refractivity contribution is 5.83. The lowest BCUT2D eigenvalue weighted by Crippen LogP contribution is -2.50. The number of carbonyl (C=O) groups is 2. The van der Waals surface area contributed by atoms with E-state index in [1.54, 1.807) is 0 Å². The second kappa shape index (κ2) is 5.09. The number of esters is 2. The number of hydrogen-bond acceptors (Lipinski definition) is 5. The third kappa shape index (κ3) is 2.17. The Morgan fingerprint density at radius 1 is 1.16 bits per heavy atom. The van der Waals surface area contributed by atoms with Gasteiger partial charge in [0.15, 0.2) is 6.61 Å². The molecule has 3 saturated carbocycles. The molecule has 0 aromatic heterocycles. The fraction of sp³-hybridized carbons (Fsp3) is 0.800. The van der Waals surface area contributed by atoms with Gasteiger partial charge in [0.25, 0.3) is 0 Å². The molecule has 0 aromatic rings. The van der Waals surface area contributed by atoms with Crippen molar-refractivity contribution in [3.05, 3.63) is 12.2 Å². The van der Waals surface area contributed by atoms with E-state index < -0.39 is 29.2 Å². The van der Waals surface area contributed by atoms with E-state index in [-0.39, 0.29) is 11.4 Å². The molecule has 3 fully saturated rings. The minimum atomic E-state index is -1.47. The van der Waals surface area contributed by atoms with Gasteiger partial charge in [-0.2, -0.15) is 0 Å². The molecule has 5 heteroatoms. The summed E-state index contributed by atoms with van der Waals surface area (Å²) < 4.78 is 10.7. The fourth-order valence-corrected chi connectivity index (χ4v) is 5.86. The molecule has 5 nitrogen and oxygen atoms in total. The van der Waals surface area contributed by atoms with Crippen LogP contribution in [-0.4, -0.2) is 29.4 Å². The first-order chi connectivity index (χ1) is 11.6. The number of rotatable bonds is 4. The SMILES string of the molecule is CC1(C)C2CCC1(C)C(O)(OC(=O)COC(=O)C13C=CC(CC1)C3)C2. The highest BCUT2D eigenvalue weighted by Gasteiger charge is 2.70. The summed E-state index contributed by atoms with van der Waals surface area (Å²) in [6.07, 6.45) is 8.94. The van der Waals surface area contributed by atoms with Crippen LogP contribution in [0.5, 0.6) is 0 Å². The lowest BCUT2D eigenvalue weighted by Gasteiger charge is -2.43. The fourth-order valence-electron chi connectivity index (χ4n) is 5.86. The molecular formula is C20H28O5. The lowest BCUT2D eigenvalue weighted by molar-refractivity contribution is -0.263. The predicted molar refractivity (Wildman–Crippen MR) is 90.1 cm³/mol. The van der Waals surface area contributed by atoms with Crippen LogP contribution in [0.4, 0.5) is 0 Å². The predicted octanol–water partition coefficient (Wildman–Crippen LogP) is 2.96. The van der Waals surface area contributed by atoms with Crippen LogP contribution < -0.4 is 0 Å². The Labute approximate surface area is 148 Å². The van der Waals surface area contributed by atoms with Gasteiger partial charge < -0.3 is 14.6 Å². The first-order valence-electron chi connectivity index (χ1n) is 9.43. The van der Waals surface area contributed by atoms with Crippen LogP contribution in [-0.2, 0) is 19.1 Å². The molecule has 4 bridgehead atoms. The highest BCUT2D eigenvalue weighted by Crippen LogP contribution is 2.69. The van der Waals surface area contributed by atoms with Gasteiger partial charge in [-0.05, 0) is 49.4 Å². The van der Waals surface area contributed by atoms with E-state index in [0.29, 0.717) is 18.3 Å². The zero-order valence-electron chi connectivity index (χ0n) is 15.3. The topological polar surface area (TPSA) is 72.8 Å². The van der Waals surface area contributed by atoms with Crippen molar-refractivity contribution in [2.75, 3.05) is 6.61 Å². The van der Waals surface area contributed by atoms with Gasteiger partial charge in [0.2, 0.25) is 5.79 Å². The van der Waals surface area contributed by atoms with Crippen molar-refractivity contribution in [1.29, 1.82) is 0 Å². The molecule has 0 aromatic carbocycles. The van der Waals surface area contributed by atoms with Crippen LogP contribution in [0.2, 0.25) is 0 Å². The van der Waals surface area contributed by atoms with E-state index in [1.807, 2.05) is 13.0 Å². The van der Waals surface area contributed by atoms with Crippen molar-refractivity contribution in [2.24, 2.45) is 28.1 Å². The van der Waals surface area contributed by atoms with Crippen molar-refractivity contribution >= 4 is 11.9 Å². The van der Waals surface area contributed by atoms with Gasteiger partial charge in [0.05, 0.1) is 5.41 Å². The Bertz CT molecular complexity index is 652. The molecule has 0 amide bonds. The average molecular weight is 348 g/mol. The van der Waals surface area contributed by atoms with Crippen molar-refractivity contribution in [1.82, 2.24) is 0 Å². The van der Waals surface area contributed by atoms with Gasteiger partial charge in [-0.15, -0.1) is 0 Å². The van der Waals surface area contributed by atoms with E-state index >= 15 is 0 Å². The van der Waals surface area contributed by atoms with Crippen molar-refractivity contribution in [3.63, 3.8) is 0 Å². The first kappa shape index (κ1) is 17.1. The van der Waals surface area contributed by atoms with Crippen LogP contribution in [0, 0.1) is 28.1 Å². The Hall–Kier alpha value is -1.36. The van der Waals surface area contributed by atoms with Crippen LogP contribution in [0.3, 0.4) is 0 Å². The van der Waals surface area contributed by atoms with Gasteiger partial charge in [-0.25, -0.2) is 4.79 Å². The number of fused-ring (bicyclic) bond motifs is 4. The summed E-state index contributed by atoms with van der Waals surface area (Å²) in [5.41, 5.74) is -1.08. The van der Waals surface area contributed by atoms with E-state index in [0.717, 1.165) is 32.1 Å². The third-order valence-corrected chi connectivity index (χ3v) is 8.11. The second-order valence-electron chi connectivity index (χ2n) is 9.35. The zero-order valence-corrected chi connectivity index (χ0v) is 15.3. The normalized spacial score (nSPS) is 45.8. The van der Waals surface area contributed by atoms with Gasteiger partial charge >= 0.3 is 11.9 Å². The highest BCUT2D eigenvalue weighted by atomic mass is 16.7. The largest absolute Gasteiger partial charge is 0.453 e. The van der Waals surface area contributed by atoms with Crippen molar-refractivity contribution in [3.8, 4) is 0 Å². The van der Waals surface area contributed by atoms with Gasteiger partial charge in [-0.1, -0.05) is 32.9 Å². The third-order valence-electron chi connectivity index (χ3n) is 8.11. The molecular weight excluding hydrogens is 320 g/mol. The second-order valence-corrected chi connectivity index (χ2v) is 9.35. The molecule has 138 valence electrons. The smallest absolute Gasteiger partial charge is 0.346 e. The molecule has 0 heterocycles. The Morgan fingerprint density at radius 3 is 2.40 bits per heavy atom. The number of allylic oxidation sites excluding steroid dienone is 1. The first-order valence-corrected chi connectivity index (χ1v) is 9.43. The molecule has 0 radical (unpaired) electrons. The number of carbonyl (C=O) groups excluding carboxylic acids is 2. The number of ether oxygens (including phenoxy) is 2. The molecule has 1 N–H and O–H groups in total. The molecule has 25 heavy (non-hydrogen) atoms. The maximum Gasteiger partial charge on any atom is 0.346 e. The number of hydrogen-bond donors (Lipinski definition) is 1. The van der Waals surface area contributed by atoms with Crippen LogP contribution in [0.25, 0.3) is 0 Å². The summed E-state index contributed by atoms with van der Waals surface area (Å²) in [4.78, 5) is 24.7. The summed E-state index contributed by atoms with van der Waals surface area (Å²) in [6.45, 7) is 5.85. The van der Waals surface area contributed by atoms with Crippen molar-refractivity contribution < 1.29 is 24.2 Å². The van der Waals surface area contributed by atoms with E-state index in [4.69, 9.17) is 9.47 Å². The monoisotopic (exact) mass is 348 g/mol. The molecule has 0 spiro atoms. The summed E-state index contributed by atoms with van der Waals surface area (Å²) in [7, 11) is 0. The van der Waals surface area contributed by atoms with Gasteiger partial charge in [0.1, 0.15) is 0 Å². The zero-order chi connectivity index (χ0) is 18.1. The maximum atomic E-state index is 12.4. The molecule has 5 atom stereocenters. The Kier molecular flexibility index (Phi) is 3.48. The van der Waals surface area contributed by atoms with Crippen LogP contribution >= 0.6 is 0 Å². The van der Waals surface area contributed by atoms with E-state index in [1.165, 1.54) is 0 Å². The molecule has 4 rings (SSSR count). The molecule has 5 unspecified atom stereocenters. The van der Waals surface area contributed by atoms with Gasteiger partial charge in [0, 0.05) is 11.8 Å². The molecule has 4 aliphatic carbocycles. The van der Waals surface area contributed by atoms with Crippen LogP contribution in [0.15, 0.2) is 12.2 Å². The van der Waals surface area contributed by atoms with Crippen molar-refractivity contribution in [2.45, 2.75) is 65.1 Å². The standard InChI is InChI=1S/C20H28O5/c1-17(2)14-6-7-18(17,3)20(23,11-14)25-15(21)12-24-16(22)19-8-4-13(10-19)5-9-19/h4,8,13-14,23H,5-7,9-12H2,1-3H3. The Balaban J connectivity index is 1.37. The Morgan fingerprint density at radius 2 is 1.92 bits per heavy atom. The van der Waals surface area contributed by atoms with E-state index in [2.05, 4.69) is 19.9 Å². The number of aliphatic hydroxyl groups is 1. The lowest BCUT2D eigenvalue weighted by atomic mass is 9.68. The minimum absolute atomic E-state index is 0.0782.